The second kappa shape index (κ2) is 7.33. The Kier molecular flexibility index (Phi) is 5.47. The van der Waals surface area contributed by atoms with E-state index in [4.69, 9.17) is 5.73 Å². The largest absolute Gasteiger partial charge is 0.351 e. The number of carbonyl (C=O) groups is 1. The molecule has 0 aliphatic heterocycles. The Morgan fingerprint density at radius 2 is 1.95 bits per heavy atom. The van der Waals surface area contributed by atoms with Crippen LogP contribution in [-0.2, 0) is 17.8 Å². The third-order valence-corrected chi connectivity index (χ3v) is 3.59. The van der Waals surface area contributed by atoms with E-state index in [1.807, 2.05) is 30.3 Å². The second-order valence-electron chi connectivity index (χ2n) is 4.75. The van der Waals surface area contributed by atoms with Crippen LogP contribution in [-0.4, -0.2) is 11.9 Å². The summed E-state index contributed by atoms with van der Waals surface area (Å²) in [6.07, 6.45) is 0.452. The van der Waals surface area contributed by atoms with Gasteiger partial charge in [-0.15, -0.1) is 0 Å². The lowest BCUT2D eigenvalue weighted by molar-refractivity contribution is -0.122. The van der Waals surface area contributed by atoms with Crippen molar-refractivity contribution in [2.75, 3.05) is 0 Å². The van der Waals surface area contributed by atoms with E-state index >= 15 is 0 Å². The number of halogens is 2. The van der Waals surface area contributed by atoms with Gasteiger partial charge in [0, 0.05) is 16.6 Å². The van der Waals surface area contributed by atoms with Crippen molar-refractivity contribution in [3.05, 3.63) is 69.9 Å². The van der Waals surface area contributed by atoms with E-state index in [2.05, 4.69) is 21.2 Å². The van der Waals surface area contributed by atoms with Gasteiger partial charge >= 0.3 is 0 Å². The van der Waals surface area contributed by atoms with Crippen LogP contribution in [0.15, 0.2) is 53.0 Å². The molecule has 0 spiro atoms. The number of benzene rings is 2. The predicted octanol–water partition coefficient (Wildman–Crippen LogP) is 2.77. The average Bonchev–Trinajstić information content (AvgIpc) is 2.49. The normalized spacial score (nSPS) is 12.0. The number of hydrogen-bond donors (Lipinski definition) is 2. The number of nitrogens with two attached hydrogens (primary N) is 1. The maximum Gasteiger partial charge on any atom is 0.237 e. The van der Waals surface area contributed by atoms with Crippen LogP contribution >= 0.6 is 15.9 Å². The van der Waals surface area contributed by atoms with Crippen molar-refractivity contribution < 1.29 is 9.18 Å². The van der Waals surface area contributed by atoms with Crippen molar-refractivity contribution in [2.24, 2.45) is 5.73 Å². The SMILES string of the molecule is N[C@H](Cc1ccccc1)C(=O)NCc1cc(Br)ccc1F. The predicted molar refractivity (Wildman–Crippen MR) is 84.1 cm³/mol. The molecule has 0 saturated carbocycles. The van der Waals surface area contributed by atoms with Crippen LogP contribution in [0.2, 0.25) is 0 Å². The highest BCUT2D eigenvalue weighted by Crippen LogP contribution is 2.15. The molecule has 110 valence electrons. The molecule has 0 heterocycles. The van der Waals surface area contributed by atoms with Crippen molar-refractivity contribution in [3.63, 3.8) is 0 Å². The average molecular weight is 351 g/mol. The summed E-state index contributed by atoms with van der Waals surface area (Å²) < 4.78 is 14.3. The molecule has 21 heavy (non-hydrogen) atoms. The highest BCUT2D eigenvalue weighted by molar-refractivity contribution is 9.10. The Morgan fingerprint density at radius 3 is 2.67 bits per heavy atom. The highest BCUT2D eigenvalue weighted by Gasteiger charge is 2.14. The van der Waals surface area contributed by atoms with Gasteiger partial charge in [0.2, 0.25) is 5.91 Å². The third kappa shape index (κ3) is 4.65. The Balaban J connectivity index is 1.91. The van der Waals surface area contributed by atoms with E-state index in [0.29, 0.717) is 12.0 Å². The number of rotatable bonds is 5. The van der Waals surface area contributed by atoms with Crippen LogP contribution in [0.4, 0.5) is 4.39 Å². The molecule has 3 nitrogen and oxygen atoms in total. The third-order valence-electron chi connectivity index (χ3n) is 3.10. The molecular formula is C16H16BrFN2O. The van der Waals surface area contributed by atoms with Crippen LogP contribution in [0.1, 0.15) is 11.1 Å². The Morgan fingerprint density at radius 1 is 1.24 bits per heavy atom. The van der Waals surface area contributed by atoms with Gasteiger partial charge in [-0.05, 0) is 30.2 Å². The fourth-order valence-electron chi connectivity index (χ4n) is 1.95. The highest BCUT2D eigenvalue weighted by atomic mass is 79.9. The van der Waals surface area contributed by atoms with Crippen molar-refractivity contribution in [1.29, 1.82) is 0 Å². The Labute approximate surface area is 131 Å². The smallest absolute Gasteiger partial charge is 0.237 e. The summed E-state index contributed by atoms with van der Waals surface area (Å²) in [4.78, 5) is 11.9. The molecule has 2 aromatic carbocycles. The molecule has 1 atom stereocenters. The maximum atomic E-state index is 13.6. The van der Waals surface area contributed by atoms with Crippen molar-refractivity contribution >= 4 is 21.8 Å². The van der Waals surface area contributed by atoms with Gasteiger partial charge in [0.05, 0.1) is 6.04 Å². The second-order valence-corrected chi connectivity index (χ2v) is 5.67. The summed E-state index contributed by atoms with van der Waals surface area (Å²) in [7, 11) is 0. The standard InChI is InChI=1S/C16H16BrFN2O/c17-13-6-7-14(18)12(9-13)10-20-16(21)15(19)8-11-4-2-1-3-5-11/h1-7,9,15H,8,10,19H2,(H,20,21)/t15-/m1/s1. The first kappa shape index (κ1) is 15.7. The van der Waals surface area contributed by atoms with E-state index in [1.165, 1.54) is 6.07 Å². The van der Waals surface area contributed by atoms with Gasteiger partial charge in [-0.3, -0.25) is 4.79 Å². The first-order valence-corrected chi connectivity index (χ1v) is 7.36. The van der Waals surface area contributed by atoms with Crippen LogP contribution in [0.25, 0.3) is 0 Å². The lowest BCUT2D eigenvalue weighted by Gasteiger charge is -2.13. The van der Waals surface area contributed by atoms with Crippen LogP contribution in [0.5, 0.6) is 0 Å². The van der Waals surface area contributed by atoms with Gasteiger partial charge in [0.1, 0.15) is 5.82 Å². The van der Waals surface area contributed by atoms with Crippen molar-refractivity contribution in [3.8, 4) is 0 Å². The molecular weight excluding hydrogens is 335 g/mol. The lowest BCUT2D eigenvalue weighted by atomic mass is 10.1. The number of hydrogen-bond acceptors (Lipinski definition) is 2. The monoisotopic (exact) mass is 350 g/mol. The Hall–Kier alpha value is -1.72. The van der Waals surface area contributed by atoms with Gasteiger partial charge in [-0.1, -0.05) is 46.3 Å². The summed E-state index contributed by atoms with van der Waals surface area (Å²) in [5.41, 5.74) is 7.28. The zero-order chi connectivity index (χ0) is 15.2. The van der Waals surface area contributed by atoms with Gasteiger partial charge in [-0.2, -0.15) is 0 Å². The van der Waals surface area contributed by atoms with Gasteiger partial charge in [0.15, 0.2) is 0 Å². The molecule has 2 rings (SSSR count). The topological polar surface area (TPSA) is 55.1 Å². The fourth-order valence-corrected chi connectivity index (χ4v) is 2.36. The van der Waals surface area contributed by atoms with Gasteiger partial charge in [-0.25, -0.2) is 4.39 Å². The van der Waals surface area contributed by atoms with Crippen LogP contribution < -0.4 is 11.1 Å². The summed E-state index contributed by atoms with van der Waals surface area (Å²) in [5.74, 6) is -0.645. The van der Waals surface area contributed by atoms with Crippen LogP contribution in [0.3, 0.4) is 0 Å². The zero-order valence-corrected chi connectivity index (χ0v) is 12.9. The minimum Gasteiger partial charge on any atom is -0.351 e. The van der Waals surface area contributed by atoms with E-state index in [0.717, 1.165) is 10.0 Å². The molecule has 0 radical (unpaired) electrons. The molecule has 0 unspecified atom stereocenters. The Bertz CT molecular complexity index is 619. The molecule has 0 bridgehead atoms. The fraction of sp³-hybridized carbons (Fsp3) is 0.188. The molecule has 1 amide bonds. The summed E-state index contributed by atoms with van der Waals surface area (Å²) in [6.45, 7) is 0.118. The number of amides is 1. The molecule has 0 fully saturated rings. The molecule has 0 aliphatic rings. The molecule has 3 N–H and O–H groups in total. The molecule has 0 aliphatic carbocycles. The van der Waals surface area contributed by atoms with Gasteiger partial charge in [0.25, 0.3) is 0 Å². The van der Waals surface area contributed by atoms with Crippen molar-refractivity contribution in [1.82, 2.24) is 5.32 Å². The van der Waals surface area contributed by atoms with Crippen LogP contribution in [0, 0.1) is 5.82 Å². The van der Waals surface area contributed by atoms with E-state index in [-0.39, 0.29) is 18.3 Å². The lowest BCUT2D eigenvalue weighted by Crippen LogP contribution is -2.41. The number of nitrogens with one attached hydrogen (secondary N) is 1. The minimum atomic E-state index is -0.650. The zero-order valence-electron chi connectivity index (χ0n) is 11.4. The maximum absolute atomic E-state index is 13.6. The molecule has 0 saturated heterocycles. The summed E-state index contributed by atoms with van der Waals surface area (Å²) in [5, 5.41) is 2.66. The van der Waals surface area contributed by atoms with E-state index in [9.17, 15) is 9.18 Å². The molecule has 0 aromatic heterocycles. The quantitative estimate of drug-likeness (QED) is 0.870. The summed E-state index contributed by atoms with van der Waals surface area (Å²) >= 11 is 3.27. The minimum absolute atomic E-state index is 0.118. The number of carbonyl (C=O) groups excluding carboxylic acids is 1. The van der Waals surface area contributed by atoms with E-state index in [1.54, 1.807) is 12.1 Å². The first-order valence-electron chi connectivity index (χ1n) is 6.57. The van der Waals surface area contributed by atoms with E-state index < -0.39 is 6.04 Å². The van der Waals surface area contributed by atoms with Gasteiger partial charge < -0.3 is 11.1 Å². The van der Waals surface area contributed by atoms with Crippen molar-refractivity contribution in [2.45, 2.75) is 19.0 Å². The summed E-state index contributed by atoms with van der Waals surface area (Å²) in [6, 6.07) is 13.5. The molecule has 5 heteroatoms. The first-order chi connectivity index (χ1) is 10.1. The molecule has 2 aromatic rings.